The Kier molecular flexibility index (Phi) is 5.85. The molecule has 0 bridgehead atoms. The van der Waals surface area contributed by atoms with Crippen LogP contribution in [0.25, 0.3) is 10.9 Å². The van der Waals surface area contributed by atoms with Crippen molar-refractivity contribution in [3.63, 3.8) is 0 Å². The highest BCUT2D eigenvalue weighted by molar-refractivity contribution is 7.89. The van der Waals surface area contributed by atoms with Crippen molar-refractivity contribution in [1.82, 2.24) is 8.87 Å². The SMILES string of the molecule is O=C(CCn1ccc2ccccc21)Nc1ccc(F)c(S(=O)(=O)N2CCOCC2)c1. The van der Waals surface area contributed by atoms with E-state index < -0.39 is 20.7 Å². The molecule has 2 heterocycles. The van der Waals surface area contributed by atoms with Crippen LogP contribution in [0.2, 0.25) is 0 Å². The number of aryl methyl sites for hydroxylation is 1. The summed E-state index contributed by atoms with van der Waals surface area (Å²) in [4.78, 5) is 12.0. The molecule has 1 fully saturated rings. The van der Waals surface area contributed by atoms with Crippen molar-refractivity contribution >= 4 is 32.5 Å². The van der Waals surface area contributed by atoms with E-state index in [1.807, 2.05) is 41.1 Å². The third-order valence-corrected chi connectivity index (χ3v) is 6.98. The summed E-state index contributed by atoms with van der Waals surface area (Å²) in [6.07, 6.45) is 2.12. The van der Waals surface area contributed by atoms with Gasteiger partial charge in [0.2, 0.25) is 15.9 Å². The first-order chi connectivity index (χ1) is 14.4. The Morgan fingerprint density at radius 3 is 2.67 bits per heavy atom. The van der Waals surface area contributed by atoms with Gasteiger partial charge in [0.05, 0.1) is 13.2 Å². The van der Waals surface area contributed by atoms with Gasteiger partial charge in [-0.1, -0.05) is 18.2 Å². The highest BCUT2D eigenvalue weighted by Gasteiger charge is 2.29. The van der Waals surface area contributed by atoms with Crippen LogP contribution >= 0.6 is 0 Å². The van der Waals surface area contributed by atoms with Crippen LogP contribution in [0.15, 0.2) is 59.6 Å². The van der Waals surface area contributed by atoms with Crippen LogP contribution in [0, 0.1) is 5.82 Å². The predicted octanol–water partition coefficient (Wildman–Crippen LogP) is 2.83. The number of carbonyl (C=O) groups is 1. The minimum atomic E-state index is -4.00. The van der Waals surface area contributed by atoms with E-state index in [4.69, 9.17) is 4.74 Å². The van der Waals surface area contributed by atoms with E-state index in [9.17, 15) is 17.6 Å². The number of ether oxygens (including phenoxy) is 1. The van der Waals surface area contributed by atoms with E-state index in [2.05, 4.69) is 5.32 Å². The van der Waals surface area contributed by atoms with Crippen molar-refractivity contribution in [3.8, 4) is 0 Å². The van der Waals surface area contributed by atoms with Crippen LogP contribution in [0.3, 0.4) is 0 Å². The number of sulfonamides is 1. The summed E-state index contributed by atoms with van der Waals surface area (Å²) in [5, 5.41) is 3.76. The van der Waals surface area contributed by atoms with Crippen LogP contribution in [0.1, 0.15) is 6.42 Å². The molecule has 1 saturated heterocycles. The van der Waals surface area contributed by atoms with Crippen molar-refractivity contribution in [2.24, 2.45) is 0 Å². The Balaban J connectivity index is 1.45. The second-order valence-corrected chi connectivity index (χ2v) is 8.93. The maximum absolute atomic E-state index is 14.3. The van der Waals surface area contributed by atoms with Gasteiger partial charge in [-0.05, 0) is 35.7 Å². The normalized spacial score (nSPS) is 15.4. The largest absolute Gasteiger partial charge is 0.379 e. The second kappa shape index (κ2) is 8.55. The van der Waals surface area contributed by atoms with E-state index in [1.165, 1.54) is 16.4 Å². The van der Waals surface area contributed by atoms with Crippen molar-refractivity contribution < 1.29 is 22.3 Å². The van der Waals surface area contributed by atoms with Gasteiger partial charge in [-0.3, -0.25) is 4.79 Å². The number of fused-ring (bicyclic) bond motifs is 1. The van der Waals surface area contributed by atoms with Gasteiger partial charge in [-0.25, -0.2) is 12.8 Å². The molecule has 30 heavy (non-hydrogen) atoms. The zero-order valence-corrected chi connectivity index (χ0v) is 17.1. The zero-order valence-electron chi connectivity index (χ0n) is 16.3. The molecule has 0 saturated carbocycles. The van der Waals surface area contributed by atoms with Gasteiger partial charge in [-0.2, -0.15) is 4.31 Å². The van der Waals surface area contributed by atoms with Crippen molar-refractivity contribution in [2.45, 2.75) is 17.9 Å². The number of hydrogen-bond acceptors (Lipinski definition) is 4. The number of hydrogen-bond donors (Lipinski definition) is 1. The van der Waals surface area contributed by atoms with Crippen molar-refractivity contribution in [1.29, 1.82) is 0 Å². The van der Waals surface area contributed by atoms with Crippen molar-refractivity contribution in [3.05, 3.63) is 60.5 Å². The molecule has 0 spiro atoms. The molecule has 9 heteroatoms. The Bertz CT molecular complexity index is 1170. The van der Waals surface area contributed by atoms with Crippen LogP contribution in [0.4, 0.5) is 10.1 Å². The van der Waals surface area contributed by atoms with Gasteiger partial charge in [0, 0.05) is 43.5 Å². The monoisotopic (exact) mass is 431 g/mol. The average Bonchev–Trinajstić information content (AvgIpc) is 3.17. The number of halogens is 1. The minimum Gasteiger partial charge on any atom is -0.379 e. The number of carbonyl (C=O) groups excluding carboxylic acids is 1. The van der Waals surface area contributed by atoms with Crippen LogP contribution in [-0.2, 0) is 26.1 Å². The number of para-hydroxylation sites is 1. The molecule has 1 aliphatic heterocycles. The van der Waals surface area contributed by atoms with Crippen LogP contribution in [0.5, 0.6) is 0 Å². The van der Waals surface area contributed by atoms with Crippen molar-refractivity contribution in [2.75, 3.05) is 31.6 Å². The summed E-state index contributed by atoms with van der Waals surface area (Å²) in [6.45, 7) is 1.35. The molecule has 1 N–H and O–H groups in total. The first-order valence-electron chi connectivity index (χ1n) is 9.66. The molecule has 0 unspecified atom stereocenters. The Morgan fingerprint density at radius 1 is 1.10 bits per heavy atom. The number of anilines is 1. The van der Waals surface area contributed by atoms with Gasteiger partial charge in [0.15, 0.2) is 0 Å². The van der Waals surface area contributed by atoms with Gasteiger partial charge in [0.1, 0.15) is 10.7 Å². The second-order valence-electron chi connectivity index (χ2n) is 7.03. The fourth-order valence-electron chi connectivity index (χ4n) is 3.49. The van der Waals surface area contributed by atoms with E-state index >= 15 is 0 Å². The smallest absolute Gasteiger partial charge is 0.246 e. The summed E-state index contributed by atoms with van der Waals surface area (Å²) in [5.74, 6) is -1.13. The third kappa shape index (κ3) is 4.23. The summed E-state index contributed by atoms with van der Waals surface area (Å²) < 4.78 is 48.2. The maximum Gasteiger partial charge on any atom is 0.246 e. The van der Waals surface area contributed by atoms with Crippen LogP contribution < -0.4 is 5.32 Å². The van der Waals surface area contributed by atoms with E-state index in [1.54, 1.807) is 0 Å². The Hall–Kier alpha value is -2.75. The fourth-order valence-corrected chi connectivity index (χ4v) is 4.98. The molecule has 1 aromatic heterocycles. The molecule has 0 radical (unpaired) electrons. The van der Waals surface area contributed by atoms with E-state index in [-0.39, 0.29) is 44.3 Å². The van der Waals surface area contributed by atoms with Gasteiger partial charge < -0.3 is 14.6 Å². The summed E-state index contributed by atoms with van der Waals surface area (Å²) in [5.41, 5.74) is 1.27. The number of aromatic nitrogens is 1. The lowest BCUT2D eigenvalue weighted by atomic mass is 10.2. The predicted molar refractivity (Wildman–Crippen MR) is 111 cm³/mol. The number of amides is 1. The zero-order chi connectivity index (χ0) is 21.1. The highest BCUT2D eigenvalue weighted by atomic mass is 32.2. The summed E-state index contributed by atoms with van der Waals surface area (Å²) in [6, 6.07) is 13.4. The number of morpholine rings is 1. The lowest BCUT2D eigenvalue weighted by Crippen LogP contribution is -2.40. The maximum atomic E-state index is 14.3. The van der Waals surface area contributed by atoms with Gasteiger partial charge >= 0.3 is 0 Å². The third-order valence-electron chi connectivity index (χ3n) is 5.06. The lowest BCUT2D eigenvalue weighted by molar-refractivity contribution is -0.116. The average molecular weight is 431 g/mol. The highest BCUT2D eigenvalue weighted by Crippen LogP contribution is 2.24. The minimum absolute atomic E-state index is 0.170. The molecule has 1 amide bonds. The molecule has 158 valence electrons. The molecule has 0 atom stereocenters. The molecule has 1 aliphatic rings. The first-order valence-corrected chi connectivity index (χ1v) is 11.1. The van der Waals surface area contributed by atoms with Gasteiger partial charge in [0.25, 0.3) is 0 Å². The number of nitrogens with one attached hydrogen (secondary N) is 1. The Morgan fingerprint density at radius 2 is 1.87 bits per heavy atom. The fraction of sp³-hybridized carbons (Fsp3) is 0.286. The number of rotatable bonds is 6. The summed E-state index contributed by atoms with van der Waals surface area (Å²) in [7, 11) is -4.00. The van der Waals surface area contributed by atoms with E-state index in [0.29, 0.717) is 6.54 Å². The van der Waals surface area contributed by atoms with E-state index in [0.717, 1.165) is 17.0 Å². The number of nitrogens with zero attached hydrogens (tertiary/aromatic N) is 2. The standard InChI is InChI=1S/C21H22FN3O4S/c22-18-6-5-17(15-20(18)30(27,28)25-11-13-29-14-12-25)23-21(26)8-10-24-9-7-16-3-1-2-4-19(16)24/h1-7,9,15H,8,10-14H2,(H,23,26). The lowest BCUT2D eigenvalue weighted by Gasteiger charge is -2.26. The van der Waals surface area contributed by atoms with Gasteiger partial charge in [-0.15, -0.1) is 0 Å². The molecule has 7 nitrogen and oxygen atoms in total. The summed E-state index contributed by atoms with van der Waals surface area (Å²) >= 11 is 0. The molecule has 2 aromatic carbocycles. The first kappa shape index (κ1) is 20.5. The van der Waals surface area contributed by atoms with Crippen LogP contribution in [-0.4, -0.2) is 49.5 Å². The Labute approximate surface area is 174 Å². The topological polar surface area (TPSA) is 80.6 Å². The quantitative estimate of drug-likeness (QED) is 0.651. The molecular formula is C21H22FN3O4S. The number of benzene rings is 2. The molecule has 0 aliphatic carbocycles. The molecular weight excluding hydrogens is 409 g/mol. The molecule has 4 rings (SSSR count). The molecule has 3 aromatic rings.